The topological polar surface area (TPSA) is 52.6 Å². The number of alkyl halides is 3. The molecule has 0 aromatic heterocycles. The molecule has 7 heteroatoms. The zero-order chi connectivity index (χ0) is 12.2. The summed E-state index contributed by atoms with van der Waals surface area (Å²) in [4.78, 5) is 12.7. The Morgan fingerprint density at radius 1 is 1.50 bits per heavy atom. The highest BCUT2D eigenvalue weighted by atomic mass is 19.4. The molecule has 1 rings (SSSR count). The number of nitrogens with zero attached hydrogens (tertiary/aromatic N) is 1. The van der Waals surface area contributed by atoms with Crippen molar-refractivity contribution in [1.82, 2.24) is 10.2 Å². The molecule has 1 saturated heterocycles. The number of halogens is 3. The van der Waals surface area contributed by atoms with E-state index in [1.807, 2.05) is 0 Å². The van der Waals surface area contributed by atoms with E-state index >= 15 is 0 Å². The summed E-state index contributed by atoms with van der Waals surface area (Å²) in [5.74, 6) is 0. The Labute approximate surface area is 91.4 Å². The second-order valence-corrected chi connectivity index (χ2v) is 3.84. The van der Waals surface area contributed by atoms with Crippen molar-refractivity contribution < 1.29 is 23.1 Å². The normalized spacial score (nSPS) is 22.0. The number of aliphatic hydroxyl groups is 1. The Bertz CT molecular complexity index is 245. The standard InChI is InChI=1S/C9H15F3N2O2/c10-9(11,12)3-4-13-8(16)14-5-1-2-7(15)6-14/h7,15H,1-6H2,(H,13,16). The lowest BCUT2D eigenvalue weighted by Gasteiger charge is -2.30. The third-order valence-corrected chi connectivity index (χ3v) is 2.37. The summed E-state index contributed by atoms with van der Waals surface area (Å²) in [5, 5.41) is 11.5. The average molecular weight is 240 g/mol. The van der Waals surface area contributed by atoms with E-state index in [-0.39, 0.29) is 6.54 Å². The molecule has 1 atom stereocenters. The number of aliphatic hydroxyl groups excluding tert-OH is 1. The predicted molar refractivity (Wildman–Crippen MR) is 50.9 cm³/mol. The molecule has 1 unspecified atom stereocenters. The summed E-state index contributed by atoms with van der Waals surface area (Å²) in [6.07, 6.45) is -4.55. The van der Waals surface area contributed by atoms with E-state index in [2.05, 4.69) is 5.32 Å². The maximum atomic E-state index is 11.8. The van der Waals surface area contributed by atoms with E-state index in [0.717, 1.165) is 0 Å². The highest BCUT2D eigenvalue weighted by Gasteiger charge is 2.27. The first-order chi connectivity index (χ1) is 7.38. The molecule has 2 N–H and O–H groups in total. The Morgan fingerprint density at radius 2 is 2.19 bits per heavy atom. The summed E-state index contributed by atoms with van der Waals surface area (Å²) in [6.45, 7) is 0.252. The van der Waals surface area contributed by atoms with Gasteiger partial charge >= 0.3 is 12.2 Å². The number of hydrogen-bond donors (Lipinski definition) is 2. The largest absolute Gasteiger partial charge is 0.391 e. The summed E-state index contributed by atoms with van der Waals surface area (Å²) < 4.78 is 35.4. The number of piperidine rings is 1. The Morgan fingerprint density at radius 3 is 2.75 bits per heavy atom. The van der Waals surface area contributed by atoms with Crippen LogP contribution in [0.4, 0.5) is 18.0 Å². The van der Waals surface area contributed by atoms with Crippen LogP contribution in [0.25, 0.3) is 0 Å². The van der Waals surface area contributed by atoms with Gasteiger partial charge in [0, 0.05) is 19.6 Å². The smallest absolute Gasteiger partial charge is 0.390 e. The zero-order valence-corrected chi connectivity index (χ0v) is 8.76. The van der Waals surface area contributed by atoms with Gasteiger partial charge in [-0.2, -0.15) is 13.2 Å². The van der Waals surface area contributed by atoms with Crippen molar-refractivity contribution in [3.63, 3.8) is 0 Å². The Balaban J connectivity index is 2.24. The van der Waals surface area contributed by atoms with Crippen LogP contribution in [0.2, 0.25) is 0 Å². The van der Waals surface area contributed by atoms with Gasteiger partial charge in [0.1, 0.15) is 0 Å². The molecule has 1 fully saturated rings. The molecule has 2 amide bonds. The van der Waals surface area contributed by atoms with Crippen LogP contribution < -0.4 is 5.32 Å². The highest BCUT2D eigenvalue weighted by Crippen LogP contribution is 2.18. The van der Waals surface area contributed by atoms with Crippen molar-refractivity contribution in [2.24, 2.45) is 0 Å². The minimum Gasteiger partial charge on any atom is -0.391 e. The number of carbonyl (C=O) groups excluding carboxylic acids is 1. The van der Waals surface area contributed by atoms with Crippen molar-refractivity contribution in [3.8, 4) is 0 Å². The number of carbonyl (C=O) groups is 1. The summed E-state index contributed by atoms with van der Waals surface area (Å²) in [5.41, 5.74) is 0. The molecular formula is C9H15F3N2O2. The lowest BCUT2D eigenvalue weighted by molar-refractivity contribution is -0.133. The number of hydrogen-bond acceptors (Lipinski definition) is 2. The van der Waals surface area contributed by atoms with Crippen molar-refractivity contribution in [2.75, 3.05) is 19.6 Å². The van der Waals surface area contributed by atoms with Crippen LogP contribution >= 0.6 is 0 Å². The van der Waals surface area contributed by atoms with Gasteiger partial charge in [0.25, 0.3) is 0 Å². The number of β-amino-alcohol motifs (C(OH)–C–C–N with tert-alkyl or cyclic N) is 1. The number of nitrogens with one attached hydrogen (secondary N) is 1. The lowest BCUT2D eigenvalue weighted by atomic mass is 10.1. The first-order valence-corrected chi connectivity index (χ1v) is 5.16. The van der Waals surface area contributed by atoms with Crippen LogP contribution in [-0.2, 0) is 0 Å². The van der Waals surface area contributed by atoms with E-state index in [9.17, 15) is 23.1 Å². The van der Waals surface area contributed by atoms with E-state index in [0.29, 0.717) is 19.4 Å². The first-order valence-electron chi connectivity index (χ1n) is 5.16. The van der Waals surface area contributed by atoms with Gasteiger partial charge < -0.3 is 15.3 Å². The quantitative estimate of drug-likeness (QED) is 0.759. The van der Waals surface area contributed by atoms with E-state index in [4.69, 9.17) is 0 Å². The van der Waals surface area contributed by atoms with Crippen molar-refractivity contribution in [1.29, 1.82) is 0 Å². The highest BCUT2D eigenvalue weighted by molar-refractivity contribution is 5.74. The molecular weight excluding hydrogens is 225 g/mol. The first kappa shape index (κ1) is 13.1. The molecule has 94 valence electrons. The Kier molecular flexibility index (Phi) is 4.40. The minimum atomic E-state index is -4.26. The molecule has 0 saturated carbocycles. The van der Waals surface area contributed by atoms with Gasteiger partial charge in [0.2, 0.25) is 0 Å². The van der Waals surface area contributed by atoms with Crippen molar-refractivity contribution >= 4 is 6.03 Å². The van der Waals surface area contributed by atoms with Crippen molar-refractivity contribution in [3.05, 3.63) is 0 Å². The van der Waals surface area contributed by atoms with Gasteiger partial charge in [0.15, 0.2) is 0 Å². The van der Waals surface area contributed by atoms with Crippen LogP contribution in [-0.4, -0.2) is 48.0 Å². The summed E-state index contributed by atoms with van der Waals surface area (Å²) in [7, 11) is 0. The van der Waals surface area contributed by atoms with Crippen LogP contribution in [0.3, 0.4) is 0 Å². The summed E-state index contributed by atoms with van der Waals surface area (Å²) in [6, 6.07) is -0.539. The minimum absolute atomic E-state index is 0.192. The lowest BCUT2D eigenvalue weighted by Crippen LogP contribution is -2.47. The fourth-order valence-electron chi connectivity index (χ4n) is 1.56. The molecule has 0 radical (unpaired) electrons. The molecule has 0 aromatic carbocycles. The van der Waals surface area contributed by atoms with Crippen LogP contribution in [0, 0.1) is 0 Å². The van der Waals surface area contributed by atoms with Crippen LogP contribution in [0.15, 0.2) is 0 Å². The van der Waals surface area contributed by atoms with Gasteiger partial charge in [-0.15, -0.1) is 0 Å². The van der Waals surface area contributed by atoms with Gasteiger partial charge in [-0.05, 0) is 12.8 Å². The number of likely N-dealkylation sites (tertiary alicyclic amines) is 1. The molecule has 0 bridgehead atoms. The second kappa shape index (κ2) is 5.38. The monoisotopic (exact) mass is 240 g/mol. The van der Waals surface area contributed by atoms with E-state index < -0.39 is 31.3 Å². The third kappa shape index (κ3) is 4.69. The molecule has 1 heterocycles. The van der Waals surface area contributed by atoms with Gasteiger partial charge in [0.05, 0.1) is 12.5 Å². The number of urea groups is 1. The molecule has 0 aromatic rings. The fraction of sp³-hybridized carbons (Fsp3) is 0.889. The van der Waals surface area contributed by atoms with Gasteiger partial charge in [-0.3, -0.25) is 0 Å². The molecule has 0 aliphatic carbocycles. The second-order valence-electron chi connectivity index (χ2n) is 3.84. The van der Waals surface area contributed by atoms with E-state index in [1.165, 1.54) is 4.90 Å². The van der Waals surface area contributed by atoms with Crippen molar-refractivity contribution in [2.45, 2.75) is 31.5 Å². The molecule has 0 spiro atoms. The third-order valence-electron chi connectivity index (χ3n) is 2.37. The molecule has 16 heavy (non-hydrogen) atoms. The van der Waals surface area contributed by atoms with Crippen LogP contribution in [0.1, 0.15) is 19.3 Å². The zero-order valence-electron chi connectivity index (χ0n) is 8.76. The van der Waals surface area contributed by atoms with Gasteiger partial charge in [-0.1, -0.05) is 0 Å². The van der Waals surface area contributed by atoms with Crippen LogP contribution in [0.5, 0.6) is 0 Å². The maximum absolute atomic E-state index is 11.8. The van der Waals surface area contributed by atoms with Gasteiger partial charge in [-0.25, -0.2) is 4.79 Å². The van der Waals surface area contributed by atoms with E-state index in [1.54, 1.807) is 0 Å². The number of amides is 2. The average Bonchev–Trinajstić information content (AvgIpc) is 2.15. The predicted octanol–water partition coefficient (Wildman–Crippen LogP) is 1.11. The molecule has 4 nitrogen and oxygen atoms in total. The maximum Gasteiger partial charge on any atom is 0.390 e. The number of rotatable bonds is 2. The Hall–Kier alpha value is -0.980. The molecule has 1 aliphatic heterocycles. The SMILES string of the molecule is O=C(NCCC(F)(F)F)N1CCCC(O)C1. The fourth-order valence-corrected chi connectivity index (χ4v) is 1.56. The molecule has 1 aliphatic rings. The summed E-state index contributed by atoms with van der Waals surface area (Å²) >= 11 is 0.